The third-order valence-electron chi connectivity index (χ3n) is 2.29. The zero-order valence-corrected chi connectivity index (χ0v) is 11.6. The number of benzene rings is 1. The van der Waals surface area contributed by atoms with Crippen LogP contribution in [-0.2, 0) is 6.42 Å². The monoisotopic (exact) mass is 299 g/mol. The molecule has 2 N–H and O–H groups in total. The van der Waals surface area contributed by atoms with Crippen molar-refractivity contribution in [2.75, 3.05) is 20.3 Å². The van der Waals surface area contributed by atoms with Crippen LogP contribution in [0.25, 0.3) is 0 Å². The predicted molar refractivity (Wildman–Crippen MR) is 73.8 cm³/mol. The number of halogens is 1. The molecule has 1 aromatic carbocycles. The van der Waals surface area contributed by atoms with Crippen molar-refractivity contribution in [3.63, 3.8) is 0 Å². The second-order valence-electron chi connectivity index (χ2n) is 3.57. The summed E-state index contributed by atoms with van der Waals surface area (Å²) in [6.45, 7) is 4.87. The van der Waals surface area contributed by atoms with Crippen molar-refractivity contribution in [2.24, 2.45) is 5.73 Å². The SMILES string of the molecule is C=CCCOc1c(Br)cc(CCN)cc1OC. The van der Waals surface area contributed by atoms with E-state index in [1.807, 2.05) is 18.2 Å². The fraction of sp³-hybridized carbons (Fsp3) is 0.385. The zero-order chi connectivity index (χ0) is 12.7. The number of methoxy groups -OCH3 is 1. The summed E-state index contributed by atoms with van der Waals surface area (Å²) in [7, 11) is 1.63. The molecule has 0 heterocycles. The van der Waals surface area contributed by atoms with Gasteiger partial charge in [-0.15, -0.1) is 6.58 Å². The van der Waals surface area contributed by atoms with E-state index < -0.39 is 0 Å². The number of nitrogens with two attached hydrogens (primary N) is 1. The lowest BCUT2D eigenvalue weighted by molar-refractivity contribution is 0.298. The van der Waals surface area contributed by atoms with Gasteiger partial charge in [0.05, 0.1) is 18.2 Å². The van der Waals surface area contributed by atoms with Crippen molar-refractivity contribution in [3.05, 3.63) is 34.8 Å². The molecule has 0 aliphatic rings. The lowest BCUT2D eigenvalue weighted by Crippen LogP contribution is -2.04. The second kappa shape index (κ2) is 7.35. The van der Waals surface area contributed by atoms with Crippen molar-refractivity contribution < 1.29 is 9.47 Å². The van der Waals surface area contributed by atoms with Crippen LogP contribution in [0.2, 0.25) is 0 Å². The minimum Gasteiger partial charge on any atom is -0.493 e. The number of hydrogen-bond acceptors (Lipinski definition) is 3. The Kier molecular flexibility index (Phi) is 6.08. The predicted octanol–water partition coefficient (Wildman–Crippen LogP) is 2.91. The molecule has 3 nitrogen and oxygen atoms in total. The first kappa shape index (κ1) is 14.1. The third kappa shape index (κ3) is 4.06. The molecule has 1 aromatic rings. The van der Waals surface area contributed by atoms with Crippen molar-refractivity contribution in [1.29, 1.82) is 0 Å². The van der Waals surface area contributed by atoms with Crippen molar-refractivity contribution in [3.8, 4) is 11.5 Å². The molecule has 0 spiro atoms. The third-order valence-corrected chi connectivity index (χ3v) is 2.88. The van der Waals surface area contributed by atoms with Crippen LogP contribution in [0.4, 0.5) is 0 Å². The summed E-state index contributed by atoms with van der Waals surface area (Å²) < 4.78 is 11.9. The van der Waals surface area contributed by atoms with E-state index in [4.69, 9.17) is 15.2 Å². The maximum absolute atomic E-state index is 5.66. The topological polar surface area (TPSA) is 44.5 Å². The van der Waals surface area contributed by atoms with Crippen LogP contribution in [0.1, 0.15) is 12.0 Å². The maximum atomic E-state index is 5.66. The molecule has 0 fully saturated rings. The van der Waals surface area contributed by atoms with E-state index in [1.54, 1.807) is 7.11 Å². The first-order valence-corrected chi connectivity index (χ1v) is 6.32. The normalized spacial score (nSPS) is 10.1. The van der Waals surface area contributed by atoms with Crippen molar-refractivity contribution in [1.82, 2.24) is 0 Å². The highest BCUT2D eigenvalue weighted by Gasteiger charge is 2.11. The smallest absolute Gasteiger partial charge is 0.175 e. The molecule has 0 aliphatic carbocycles. The average molecular weight is 300 g/mol. The van der Waals surface area contributed by atoms with Crippen LogP contribution >= 0.6 is 15.9 Å². The van der Waals surface area contributed by atoms with Gasteiger partial charge in [0.2, 0.25) is 0 Å². The van der Waals surface area contributed by atoms with Crippen LogP contribution in [-0.4, -0.2) is 20.3 Å². The van der Waals surface area contributed by atoms with Gasteiger partial charge in [0.1, 0.15) is 0 Å². The Morgan fingerprint density at radius 3 is 2.82 bits per heavy atom. The van der Waals surface area contributed by atoms with Crippen molar-refractivity contribution >= 4 is 15.9 Å². The molecule has 1 rings (SSSR count). The summed E-state index contributed by atoms with van der Waals surface area (Å²) in [6, 6.07) is 3.97. The molecule has 0 aliphatic heterocycles. The minimum absolute atomic E-state index is 0.592. The molecule has 0 unspecified atom stereocenters. The standard InChI is InChI=1S/C13H18BrNO2/c1-3-4-7-17-13-11(14)8-10(5-6-15)9-12(13)16-2/h3,8-9H,1,4-7,15H2,2H3. The van der Waals surface area contributed by atoms with Gasteiger partial charge in [-0.1, -0.05) is 6.08 Å². The highest BCUT2D eigenvalue weighted by Crippen LogP contribution is 2.36. The van der Waals surface area contributed by atoms with Crippen LogP contribution in [0.3, 0.4) is 0 Å². The molecular weight excluding hydrogens is 282 g/mol. The molecule has 0 radical (unpaired) electrons. The second-order valence-corrected chi connectivity index (χ2v) is 4.43. The summed E-state index contributed by atoms with van der Waals surface area (Å²) in [5, 5.41) is 0. The van der Waals surface area contributed by atoms with E-state index in [9.17, 15) is 0 Å². The Balaban J connectivity index is 2.90. The summed E-state index contributed by atoms with van der Waals surface area (Å²) in [4.78, 5) is 0. The summed E-state index contributed by atoms with van der Waals surface area (Å²) >= 11 is 3.49. The lowest BCUT2D eigenvalue weighted by Gasteiger charge is -2.13. The molecule has 17 heavy (non-hydrogen) atoms. The summed E-state index contributed by atoms with van der Waals surface area (Å²) in [6.07, 6.45) is 3.45. The fourth-order valence-corrected chi connectivity index (χ4v) is 2.07. The Morgan fingerprint density at radius 2 is 2.24 bits per heavy atom. The molecule has 94 valence electrons. The van der Waals surface area contributed by atoms with Gasteiger partial charge in [0, 0.05) is 0 Å². The molecule has 4 heteroatoms. The average Bonchev–Trinajstić information content (AvgIpc) is 2.32. The van der Waals surface area contributed by atoms with E-state index in [1.165, 1.54) is 0 Å². The summed E-state index contributed by atoms with van der Waals surface area (Å²) in [5.41, 5.74) is 6.67. The molecule has 0 amide bonds. The molecule has 0 saturated heterocycles. The molecule has 0 atom stereocenters. The highest BCUT2D eigenvalue weighted by atomic mass is 79.9. The molecule has 0 saturated carbocycles. The van der Waals surface area contributed by atoms with E-state index >= 15 is 0 Å². The molecular formula is C13H18BrNO2. The Labute approximate surface area is 111 Å². The van der Waals surface area contributed by atoms with E-state index in [0.29, 0.717) is 13.2 Å². The number of ether oxygens (including phenoxy) is 2. The van der Waals surface area contributed by atoms with Crippen LogP contribution in [0.5, 0.6) is 11.5 Å². The largest absolute Gasteiger partial charge is 0.493 e. The van der Waals surface area contributed by atoms with Gasteiger partial charge in [0.25, 0.3) is 0 Å². The van der Waals surface area contributed by atoms with Gasteiger partial charge in [0.15, 0.2) is 11.5 Å². The fourth-order valence-electron chi connectivity index (χ4n) is 1.47. The zero-order valence-electron chi connectivity index (χ0n) is 10.0. The van der Waals surface area contributed by atoms with Crippen LogP contribution in [0, 0.1) is 0 Å². The van der Waals surface area contributed by atoms with Gasteiger partial charge >= 0.3 is 0 Å². The van der Waals surface area contributed by atoms with Crippen LogP contribution in [0.15, 0.2) is 29.3 Å². The lowest BCUT2D eigenvalue weighted by atomic mass is 10.1. The first-order valence-electron chi connectivity index (χ1n) is 5.53. The Bertz CT molecular complexity index is 380. The van der Waals surface area contributed by atoms with Gasteiger partial charge in [-0.3, -0.25) is 0 Å². The number of rotatable bonds is 7. The highest BCUT2D eigenvalue weighted by molar-refractivity contribution is 9.10. The molecule has 0 bridgehead atoms. The Morgan fingerprint density at radius 1 is 1.47 bits per heavy atom. The quantitative estimate of drug-likeness (QED) is 0.622. The minimum atomic E-state index is 0.592. The van der Waals surface area contributed by atoms with E-state index in [0.717, 1.165) is 34.4 Å². The first-order chi connectivity index (χ1) is 8.22. The molecule has 0 aromatic heterocycles. The number of hydrogen-bond donors (Lipinski definition) is 1. The van der Waals surface area contributed by atoms with Crippen molar-refractivity contribution in [2.45, 2.75) is 12.8 Å². The van der Waals surface area contributed by atoms with Gasteiger partial charge in [-0.25, -0.2) is 0 Å². The Hall–Kier alpha value is -1.00. The maximum Gasteiger partial charge on any atom is 0.175 e. The summed E-state index contributed by atoms with van der Waals surface area (Å²) in [5.74, 6) is 1.46. The van der Waals surface area contributed by atoms with E-state index in [-0.39, 0.29) is 0 Å². The van der Waals surface area contributed by atoms with Gasteiger partial charge in [-0.2, -0.15) is 0 Å². The van der Waals surface area contributed by atoms with Crippen LogP contribution < -0.4 is 15.2 Å². The van der Waals surface area contributed by atoms with E-state index in [2.05, 4.69) is 22.5 Å². The van der Waals surface area contributed by atoms with Gasteiger partial charge in [-0.05, 0) is 53.0 Å². The van der Waals surface area contributed by atoms with Gasteiger partial charge < -0.3 is 15.2 Å².